The van der Waals surface area contributed by atoms with Crippen LogP contribution in [0.5, 0.6) is 0 Å². The average Bonchev–Trinajstić information content (AvgIpc) is 2.03. The highest BCUT2D eigenvalue weighted by Crippen LogP contribution is 2.25. The van der Waals surface area contributed by atoms with Crippen molar-refractivity contribution in [2.24, 2.45) is 5.73 Å². The predicted octanol–water partition coefficient (Wildman–Crippen LogP) is 3.49. The maximum atomic E-state index is 12.2. The summed E-state index contributed by atoms with van der Waals surface area (Å²) in [4.78, 5) is 0. The number of benzene rings is 1. The standard InChI is InChI=1S/C8H8BrClFN.ClH/c9-7-3-5(10)1-2-6(7)8(12)4-11;/h1-3,8H,4,12H2;1H/t8-;/m0./s1. The highest BCUT2D eigenvalue weighted by atomic mass is 79.9. The van der Waals surface area contributed by atoms with Crippen LogP contribution in [0.3, 0.4) is 0 Å². The summed E-state index contributed by atoms with van der Waals surface area (Å²) in [5.41, 5.74) is 6.23. The Labute approximate surface area is 96.0 Å². The predicted molar refractivity (Wildman–Crippen MR) is 59.3 cm³/mol. The molecule has 1 nitrogen and oxygen atoms in total. The van der Waals surface area contributed by atoms with Crippen LogP contribution in [0, 0.1) is 0 Å². The third-order valence-corrected chi connectivity index (χ3v) is 2.45. The van der Waals surface area contributed by atoms with E-state index in [0.717, 1.165) is 10.0 Å². The Morgan fingerprint density at radius 1 is 1.54 bits per heavy atom. The van der Waals surface area contributed by atoms with Crippen molar-refractivity contribution in [3.63, 3.8) is 0 Å². The molecule has 1 rings (SSSR count). The van der Waals surface area contributed by atoms with E-state index in [1.165, 1.54) is 0 Å². The lowest BCUT2D eigenvalue weighted by Crippen LogP contribution is -2.12. The van der Waals surface area contributed by atoms with Gasteiger partial charge in [0, 0.05) is 9.50 Å². The lowest BCUT2D eigenvalue weighted by molar-refractivity contribution is 0.436. The zero-order chi connectivity index (χ0) is 9.14. The summed E-state index contributed by atoms with van der Waals surface area (Å²) < 4.78 is 12.9. The van der Waals surface area contributed by atoms with Gasteiger partial charge in [-0.3, -0.25) is 0 Å². The Morgan fingerprint density at radius 3 is 2.62 bits per heavy atom. The van der Waals surface area contributed by atoms with E-state index in [4.69, 9.17) is 17.3 Å². The second-order valence-corrected chi connectivity index (χ2v) is 3.72. The van der Waals surface area contributed by atoms with E-state index < -0.39 is 12.7 Å². The largest absolute Gasteiger partial charge is 0.322 e. The molecule has 0 saturated heterocycles. The number of nitrogens with two attached hydrogens (primary N) is 1. The molecule has 0 aliphatic carbocycles. The third kappa shape index (κ3) is 3.43. The van der Waals surface area contributed by atoms with E-state index >= 15 is 0 Å². The van der Waals surface area contributed by atoms with Gasteiger partial charge in [-0.05, 0) is 17.7 Å². The van der Waals surface area contributed by atoms with Gasteiger partial charge in [0.25, 0.3) is 0 Å². The van der Waals surface area contributed by atoms with Gasteiger partial charge >= 0.3 is 0 Å². The smallest absolute Gasteiger partial charge is 0.109 e. The molecule has 0 saturated carbocycles. The molecule has 0 bridgehead atoms. The lowest BCUT2D eigenvalue weighted by atomic mass is 10.1. The quantitative estimate of drug-likeness (QED) is 0.886. The number of hydrogen-bond acceptors (Lipinski definition) is 1. The first-order valence-electron chi connectivity index (χ1n) is 3.41. The second-order valence-electron chi connectivity index (χ2n) is 2.43. The second kappa shape index (κ2) is 5.81. The van der Waals surface area contributed by atoms with Gasteiger partial charge < -0.3 is 5.73 Å². The summed E-state index contributed by atoms with van der Waals surface area (Å²) in [5.74, 6) is 0. The van der Waals surface area contributed by atoms with Crippen LogP contribution in [-0.2, 0) is 0 Å². The fourth-order valence-electron chi connectivity index (χ4n) is 0.885. The third-order valence-electron chi connectivity index (χ3n) is 1.53. The summed E-state index contributed by atoms with van der Waals surface area (Å²) in [7, 11) is 0. The Balaban J connectivity index is 0.00000144. The van der Waals surface area contributed by atoms with Crippen molar-refractivity contribution in [1.82, 2.24) is 0 Å². The first-order chi connectivity index (χ1) is 5.65. The first kappa shape index (κ1) is 13.2. The van der Waals surface area contributed by atoms with Crippen molar-refractivity contribution in [3.8, 4) is 0 Å². The molecule has 0 aromatic heterocycles. The molecule has 1 atom stereocenters. The van der Waals surface area contributed by atoms with E-state index in [-0.39, 0.29) is 12.4 Å². The minimum atomic E-state index is -0.573. The van der Waals surface area contributed by atoms with Crippen LogP contribution < -0.4 is 5.73 Å². The molecular formula is C8H9BrCl2FN. The van der Waals surface area contributed by atoms with Gasteiger partial charge in [-0.15, -0.1) is 12.4 Å². The Bertz CT molecular complexity index is 283. The van der Waals surface area contributed by atoms with Crippen LogP contribution in [-0.4, -0.2) is 6.67 Å². The van der Waals surface area contributed by atoms with E-state index in [1.54, 1.807) is 18.2 Å². The Hall–Kier alpha value is 0.170. The number of alkyl halides is 1. The van der Waals surface area contributed by atoms with Crippen molar-refractivity contribution >= 4 is 39.9 Å². The van der Waals surface area contributed by atoms with Crippen molar-refractivity contribution < 1.29 is 4.39 Å². The summed E-state index contributed by atoms with van der Waals surface area (Å²) in [5, 5.41) is 0.608. The normalized spacial score (nSPS) is 12.0. The van der Waals surface area contributed by atoms with Gasteiger partial charge in [-0.2, -0.15) is 0 Å². The maximum Gasteiger partial charge on any atom is 0.109 e. The molecule has 0 fully saturated rings. The fraction of sp³-hybridized carbons (Fsp3) is 0.250. The first-order valence-corrected chi connectivity index (χ1v) is 4.58. The molecule has 0 aliphatic heterocycles. The molecule has 0 aliphatic rings. The number of halogens is 4. The average molecular weight is 289 g/mol. The molecule has 5 heteroatoms. The SMILES string of the molecule is Cl.N[C@@H](CF)c1ccc(Cl)cc1Br. The fourth-order valence-corrected chi connectivity index (χ4v) is 1.86. The van der Waals surface area contributed by atoms with Gasteiger partial charge in [0.2, 0.25) is 0 Å². The zero-order valence-corrected chi connectivity index (χ0v) is 9.79. The molecule has 0 heterocycles. The minimum absolute atomic E-state index is 0. The Kier molecular flexibility index (Phi) is 5.88. The zero-order valence-electron chi connectivity index (χ0n) is 6.64. The van der Waals surface area contributed by atoms with Crippen LogP contribution >= 0.6 is 39.9 Å². The van der Waals surface area contributed by atoms with E-state index in [9.17, 15) is 4.39 Å². The molecule has 13 heavy (non-hydrogen) atoms. The topological polar surface area (TPSA) is 26.0 Å². The van der Waals surface area contributed by atoms with Gasteiger partial charge in [-0.1, -0.05) is 33.6 Å². The van der Waals surface area contributed by atoms with Crippen molar-refractivity contribution in [2.45, 2.75) is 6.04 Å². The molecule has 1 aromatic carbocycles. The van der Waals surface area contributed by atoms with Gasteiger partial charge in [0.05, 0.1) is 6.04 Å². The molecule has 0 spiro atoms. The highest BCUT2D eigenvalue weighted by Gasteiger charge is 2.08. The van der Waals surface area contributed by atoms with Gasteiger partial charge in [0.15, 0.2) is 0 Å². The van der Waals surface area contributed by atoms with E-state index in [2.05, 4.69) is 15.9 Å². The molecule has 1 aromatic rings. The van der Waals surface area contributed by atoms with Crippen molar-refractivity contribution in [1.29, 1.82) is 0 Å². The van der Waals surface area contributed by atoms with Crippen molar-refractivity contribution in [2.75, 3.05) is 6.67 Å². The lowest BCUT2D eigenvalue weighted by Gasteiger charge is -2.09. The van der Waals surface area contributed by atoms with Crippen LogP contribution in [0.2, 0.25) is 5.02 Å². The van der Waals surface area contributed by atoms with Crippen LogP contribution in [0.4, 0.5) is 4.39 Å². The molecule has 74 valence electrons. The molecular weight excluding hydrogens is 280 g/mol. The van der Waals surface area contributed by atoms with E-state index in [0.29, 0.717) is 5.02 Å². The number of rotatable bonds is 2. The molecule has 0 unspecified atom stereocenters. The monoisotopic (exact) mass is 287 g/mol. The summed E-state index contributed by atoms with van der Waals surface area (Å²) >= 11 is 8.96. The maximum absolute atomic E-state index is 12.2. The summed E-state index contributed by atoms with van der Waals surface area (Å²) in [6.45, 7) is -0.569. The highest BCUT2D eigenvalue weighted by molar-refractivity contribution is 9.10. The van der Waals surface area contributed by atoms with Gasteiger partial charge in [0.1, 0.15) is 6.67 Å². The Morgan fingerprint density at radius 2 is 2.15 bits per heavy atom. The molecule has 0 amide bonds. The molecule has 2 N–H and O–H groups in total. The minimum Gasteiger partial charge on any atom is -0.322 e. The summed E-state index contributed by atoms with van der Waals surface area (Å²) in [6, 6.07) is 4.54. The van der Waals surface area contributed by atoms with Crippen LogP contribution in [0.1, 0.15) is 11.6 Å². The molecule has 0 radical (unpaired) electrons. The van der Waals surface area contributed by atoms with Crippen LogP contribution in [0.25, 0.3) is 0 Å². The summed E-state index contributed by atoms with van der Waals surface area (Å²) in [6.07, 6.45) is 0. The van der Waals surface area contributed by atoms with Crippen LogP contribution in [0.15, 0.2) is 22.7 Å². The van der Waals surface area contributed by atoms with E-state index in [1.807, 2.05) is 0 Å². The van der Waals surface area contributed by atoms with Gasteiger partial charge in [-0.25, -0.2) is 4.39 Å². The number of hydrogen-bond donors (Lipinski definition) is 1. The van der Waals surface area contributed by atoms with Crippen molar-refractivity contribution in [3.05, 3.63) is 33.3 Å².